The molecule has 0 bridgehead atoms. The van der Waals surface area contributed by atoms with E-state index in [1.54, 1.807) is 7.05 Å². The molecule has 0 spiro atoms. The molecule has 0 fully saturated rings. The van der Waals surface area contributed by atoms with E-state index in [1.807, 2.05) is 6.92 Å². The van der Waals surface area contributed by atoms with Crippen LogP contribution in [0.2, 0.25) is 0 Å². The third kappa shape index (κ3) is 8.05. The zero-order chi connectivity index (χ0) is 17.8. The molecule has 1 aromatic rings. The summed E-state index contributed by atoms with van der Waals surface area (Å²) in [5, 5.41) is 6.14. The highest BCUT2D eigenvalue weighted by Gasteiger charge is 2.30. The summed E-state index contributed by atoms with van der Waals surface area (Å²) < 4.78 is 48.4. The second kappa shape index (κ2) is 10.7. The lowest BCUT2D eigenvalue weighted by Gasteiger charge is -2.13. The van der Waals surface area contributed by atoms with Crippen LogP contribution in [0.5, 0.6) is 5.75 Å². The predicted octanol–water partition coefficient (Wildman–Crippen LogP) is 2.68. The number of hydrogen-bond donors (Lipinski definition) is 2. The van der Waals surface area contributed by atoms with Gasteiger partial charge in [0.05, 0.1) is 12.1 Å². The SMILES string of the molecule is CCOCCCNC(=NC)NCCOc1cccc(C(F)(F)F)c1. The van der Waals surface area contributed by atoms with Gasteiger partial charge in [-0.2, -0.15) is 13.2 Å². The molecule has 0 aliphatic carbocycles. The van der Waals surface area contributed by atoms with Crippen molar-refractivity contribution in [1.29, 1.82) is 0 Å². The Labute approximate surface area is 140 Å². The molecule has 0 aliphatic rings. The van der Waals surface area contributed by atoms with Crippen molar-refractivity contribution in [3.63, 3.8) is 0 Å². The van der Waals surface area contributed by atoms with E-state index in [1.165, 1.54) is 12.1 Å². The highest BCUT2D eigenvalue weighted by molar-refractivity contribution is 5.79. The standard InChI is InChI=1S/C16H24F3N3O2/c1-3-23-10-5-8-21-15(20-2)22-9-11-24-14-7-4-6-13(12-14)16(17,18)19/h4,6-7,12H,3,5,8-11H2,1-2H3,(H2,20,21,22). The number of nitrogens with zero attached hydrogens (tertiary/aromatic N) is 1. The van der Waals surface area contributed by atoms with Crippen molar-refractivity contribution in [2.24, 2.45) is 4.99 Å². The Morgan fingerprint density at radius 1 is 1.17 bits per heavy atom. The van der Waals surface area contributed by atoms with Crippen LogP contribution in [0.15, 0.2) is 29.3 Å². The van der Waals surface area contributed by atoms with Crippen LogP contribution in [0.1, 0.15) is 18.9 Å². The number of benzene rings is 1. The van der Waals surface area contributed by atoms with Crippen molar-refractivity contribution in [3.05, 3.63) is 29.8 Å². The van der Waals surface area contributed by atoms with Crippen molar-refractivity contribution in [2.75, 3.05) is 40.0 Å². The molecule has 0 saturated carbocycles. The topological polar surface area (TPSA) is 54.9 Å². The van der Waals surface area contributed by atoms with Gasteiger partial charge in [0.2, 0.25) is 0 Å². The normalized spacial score (nSPS) is 12.1. The fourth-order valence-corrected chi connectivity index (χ4v) is 1.85. The number of halogens is 3. The van der Waals surface area contributed by atoms with E-state index in [9.17, 15) is 13.2 Å². The zero-order valence-electron chi connectivity index (χ0n) is 13.9. The quantitative estimate of drug-likeness (QED) is 0.410. The lowest BCUT2D eigenvalue weighted by molar-refractivity contribution is -0.137. The van der Waals surface area contributed by atoms with E-state index >= 15 is 0 Å². The lowest BCUT2D eigenvalue weighted by Crippen LogP contribution is -2.39. The van der Waals surface area contributed by atoms with E-state index < -0.39 is 11.7 Å². The molecule has 0 unspecified atom stereocenters. The molecule has 0 aromatic heterocycles. The van der Waals surface area contributed by atoms with Gasteiger partial charge in [0.25, 0.3) is 0 Å². The Balaban J connectivity index is 2.27. The van der Waals surface area contributed by atoms with Gasteiger partial charge >= 0.3 is 6.18 Å². The average Bonchev–Trinajstić information content (AvgIpc) is 2.56. The number of aliphatic imine (C=N–C) groups is 1. The van der Waals surface area contributed by atoms with Gasteiger partial charge in [-0.25, -0.2) is 0 Å². The zero-order valence-corrected chi connectivity index (χ0v) is 13.9. The first-order chi connectivity index (χ1) is 11.5. The van der Waals surface area contributed by atoms with E-state index in [2.05, 4.69) is 15.6 Å². The van der Waals surface area contributed by atoms with Crippen molar-refractivity contribution < 1.29 is 22.6 Å². The first-order valence-electron chi connectivity index (χ1n) is 7.79. The van der Waals surface area contributed by atoms with Crippen LogP contribution in [0.4, 0.5) is 13.2 Å². The summed E-state index contributed by atoms with van der Waals surface area (Å²) >= 11 is 0. The van der Waals surface area contributed by atoms with Crippen LogP contribution in [0.3, 0.4) is 0 Å². The van der Waals surface area contributed by atoms with Crippen LogP contribution in [0, 0.1) is 0 Å². The molecule has 8 heteroatoms. The summed E-state index contributed by atoms with van der Waals surface area (Å²) in [6.45, 7) is 4.67. The summed E-state index contributed by atoms with van der Waals surface area (Å²) in [4.78, 5) is 4.05. The van der Waals surface area contributed by atoms with Crippen LogP contribution >= 0.6 is 0 Å². The Morgan fingerprint density at radius 3 is 2.58 bits per heavy atom. The van der Waals surface area contributed by atoms with E-state index in [-0.39, 0.29) is 12.4 Å². The third-order valence-electron chi connectivity index (χ3n) is 3.01. The molecule has 24 heavy (non-hydrogen) atoms. The van der Waals surface area contributed by atoms with Gasteiger partial charge in [0, 0.05) is 26.8 Å². The maximum Gasteiger partial charge on any atom is 0.416 e. The molecule has 0 atom stereocenters. The largest absolute Gasteiger partial charge is 0.492 e. The van der Waals surface area contributed by atoms with Crippen molar-refractivity contribution in [3.8, 4) is 5.75 Å². The number of nitrogens with one attached hydrogen (secondary N) is 2. The number of alkyl halides is 3. The molecular weight excluding hydrogens is 323 g/mol. The molecule has 1 rings (SSSR count). The average molecular weight is 347 g/mol. The number of ether oxygens (including phenoxy) is 2. The van der Waals surface area contributed by atoms with Crippen LogP contribution in [-0.4, -0.2) is 45.9 Å². The molecule has 1 aromatic carbocycles. The number of hydrogen-bond acceptors (Lipinski definition) is 3. The summed E-state index contributed by atoms with van der Waals surface area (Å²) in [5.41, 5.74) is -0.722. The van der Waals surface area contributed by atoms with Crippen LogP contribution < -0.4 is 15.4 Å². The fraction of sp³-hybridized carbons (Fsp3) is 0.562. The van der Waals surface area contributed by atoms with Crippen LogP contribution in [-0.2, 0) is 10.9 Å². The van der Waals surface area contributed by atoms with Gasteiger partial charge in [0.15, 0.2) is 5.96 Å². The van der Waals surface area contributed by atoms with Gasteiger partial charge in [-0.1, -0.05) is 6.07 Å². The summed E-state index contributed by atoms with van der Waals surface area (Å²) in [7, 11) is 1.64. The molecule has 0 amide bonds. The highest BCUT2D eigenvalue weighted by atomic mass is 19.4. The van der Waals surface area contributed by atoms with Gasteiger partial charge in [-0.15, -0.1) is 0 Å². The monoisotopic (exact) mass is 347 g/mol. The minimum absolute atomic E-state index is 0.186. The molecule has 0 heterocycles. The Kier molecular flexibility index (Phi) is 8.99. The number of rotatable bonds is 9. The van der Waals surface area contributed by atoms with Gasteiger partial charge in [0.1, 0.15) is 12.4 Å². The van der Waals surface area contributed by atoms with Gasteiger partial charge in [-0.3, -0.25) is 4.99 Å². The Hall–Kier alpha value is -1.96. The smallest absolute Gasteiger partial charge is 0.416 e. The molecule has 5 nitrogen and oxygen atoms in total. The van der Waals surface area contributed by atoms with E-state index in [0.29, 0.717) is 32.3 Å². The maximum atomic E-state index is 12.6. The molecule has 2 N–H and O–H groups in total. The van der Waals surface area contributed by atoms with Crippen molar-refractivity contribution in [2.45, 2.75) is 19.5 Å². The predicted molar refractivity (Wildman–Crippen MR) is 87.4 cm³/mol. The summed E-state index contributed by atoms with van der Waals surface area (Å²) in [5.74, 6) is 0.797. The molecular formula is C16H24F3N3O2. The van der Waals surface area contributed by atoms with E-state index in [0.717, 1.165) is 18.6 Å². The Bertz CT molecular complexity index is 508. The summed E-state index contributed by atoms with van der Waals surface area (Å²) in [6, 6.07) is 4.82. The molecule has 136 valence electrons. The first kappa shape index (κ1) is 20.1. The summed E-state index contributed by atoms with van der Waals surface area (Å²) in [6.07, 6.45) is -3.51. The van der Waals surface area contributed by atoms with Crippen LogP contribution in [0.25, 0.3) is 0 Å². The molecule has 0 saturated heterocycles. The lowest BCUT2D eigenvalue weighted by atomic mass is 10.2. The minimum atomic E-state index is -4.37. The minimum Gasteiger partial charge on any atom is -0.492 e. The Morgan fingerprint density at radius 2 is 1.92 bits per heavy atom. The van der Waals surface area contributed by atoms with Crippen molar-refractivity contribution in [1.82, 2.24) is 10.6 Å². The fourth-order valence-electron chi connectivity index (χ4n) is 1.85. The van der Waals surface area contributed by atoms with Gasteiger partial charge in [-0.05, 0) is 31.5 Å². The highest BCUT2D eigenvalue weighted by Crippen LogP contribution is 2.31. The van der Waals surface area contributed by atoms with Gasteiger partial charge < -0.3 is 20.1 Å². The maximum absolute atomic E-state index is 12.6. The second-order valence-corrected chi connectivity index (χ2v) is 4.85. The second-order valence-electron chi connectivity index (χ2n) is 4.85. The number of guanidine groups is 1. The van der Waals surface area contributed by atoms with E-state index in [4.69, 9.17) is 9.47 Å². The third-order valence-corrected chi connectivity index (χ3v) is 3.01. The molecule has 0 aliphatic heterocycles. The molecule has 0 radical (unpaired) electrons. The first-order valence-corrected chi connectivity index (χ1v) is 7.79. The van der Waals surface area contributed by atoms with Crippen molar-refractivity contribution >= 4 is 5.96 Å².